The molecule has 0 unspecified atom stereocenters. The molecule has 0 saturated heterocycles. The quantitative estimate of drug-likeness (QED) is 0.608. The number of halogens is 2. The van der Waals surface area contributed by atoms with Crippen molar-refractivity contribution in [2.45, 2.75) is 0 Å². The fourth-order valence-corrected chi connectivity index (χ4v) is 1.22. The molecule has 1 rings (SSSR count). The van der Waals surface area contributed by atoms with Crippen LogP contribution in [-0.2, 0) is 4.74 Å². The van der Waals surface area contributed by atoms with Gasteiger partial charge in [0.05, 0.1) is 17.1 Å². The molecule has 4 nitrogen and oxygen atoms in total. The van der Waals surface area contributed by atoms with E-state index in [-0.39, 0.29) is 15.7 Å². The van der Waals surface area contributed by atoms with Gasteiger partial charge in [0.25, 0.3) is 0 Å². The van der Waals surface area contributed by atoms with Gasteiger partial charge < -0.3 is 4.74 Å². The molecule has 0 N–H and O–H groups in total. The van der Waals surface area contributed by atoms with Gasteiger partial charge in [0.2, 0.25) is 0 Å². The minimum atomic E-state index is -0.800. The van der Waals surface area contributed by atoms with E-state index in [1.807, 2.05) is 0 Å². The zero-order valence-electron chi connectivity index (χ0n) is 7.08. The van der Waals surface area contributed by atoms with E-state index in [1.54, 1.807) is 0 Å². The fraction of sp³-hybridized carbons (Fsp3) is 0.125. The minimum Gasteiger partial charge on any atom is -0.465 e. The molecular formula is C8H5BrFNO3. The highest BCUT2D eigenvalue weighted by Gasteiger charge is 2.15. The Morgan fingerprint density at radius 1 is 1.57 bits per heavy atom. The van der Waals surface area contributed by atoms with Crippen LogP contribution < -0.4 is 0 Å². The zero-order valence-corrected chi connectivity index (χ0v) is 8.67. The summed E-state index contributed by atoms with van der Waals surface area (Å²) in [7, 11) is 1.14. The van der Waals surface area contributed by atoms with Gasteiger partial charge in [-0.15, -0.1) is 4.91 Å². The second-order valence-electron chi connectivity index (χ2n) is 2.37. The van der Waals surface area contributed by atoms with E-state index in [2.05, 4.69) is 25.8 Å². The van der Waals surface area contributed by atoms with Crippen LogP contribution in [0.15, 0.2) is 21.8 Å². The van der Waals surface area contributed by atoms with Crippen molar-refractivity contribution < 1.29 is 13.9 Å². The molecule has 0 radical (unpaired) electrons. The van der Waals surface area contributed by atoms with Crippen LogP contribution in [0.1, 0.15) is 10.4 Å². The van der Waals surface area contributed by atoms with Crippen molar-refractivity contribution in [3.63, 3.8) is 0 Å². The number of ether oxygens (including phenoxy) is 1. The molecule has 0 atom stereocenters. The van der Waals surface area contributed by atoms with Gasteiger partial charge >= 0.3 is 5.97 Å². The van der Waals surface area contributed by atoms with Gasteiger partial charge in [0.1, 0.15) is 11.5 Å². The van der Waals surface area contributed by atoms with Crippen molar-refractivity contribution in [2.75, 3.05) is 7.11 Å². The summed E-state index contributed by atoms with van der Waals surface area (Å²) in [5, 5.41) is 2.59. The summed E-state index contributed by atoms with van der Waals surface area (Å²) in [6.45, 7) is 0. The van der Waals surface area contributed by atoms with Gasteiger partial charge in [-0.25, -0.2) is 9.18 Å². The summed E-state index contributed by atoms with van der Waals surface area (Å²) < 4.78 is 17.4. The summed E-state index contributed by atoms with van der Waals surface area (Å²) in [5.41, 5.74) is -0.353. The Hall–Kier alpha value is -1.30. The van der Waals surface area contributed by atoms with Gasteiger partial charge in [-0.05, 0) is 33.2 Å². The highest BCUT2D eigenvalue weighted by molar-refractivity contribution is 9.10. The van der Waals surface area contributed by atoms with Crippen molar-refractivity contribution in [1.29, 1.82) is 0 Å². The Morgan fingerprint density at radius 3 is 2.71 bits per heavy atom. The van der Waals surface area contributed by atoms with Crippen LogP contribution in [0.5, 0.6) is 0 Å². The third kappa shape index (κ3) is 1.95. The Kier molecular flexibility index (Phi) is 3.29. The number of benzene rings is 1. The first-order chi connectivity index (χ1) is 6.60. The Balaban J connectivity index is 3.34. The van der Waals surface area contributed by atoms with Crippen molar-refractivity contribution in [1.82, 2.24) is 0 Å². The Bertz CT molecular complexity index is 394. The number of esters is 1. The van der Waals surface area contributed by atoms with E-state index in [0.717, 1.165) is 19.2 Å². The van der Waals surface area contributed by atoms with E-state index in [9.17, 15) is 14.1 Å². The molecule has 0 saturated carbocycles. The number of carbonyl (C=O) groups is 1. The summed E-state index contributed by atoms with van der Waals surface area (Å²) in [6.07, 6.45) is 0. The highest BCUT2D eigenvalue weighted by atomic mass is 79.9. The third-order valence-corrected chi connectivity index (χ3v) is 2.15. The number of carbonyl (C=O) groups excluding carboxylic acids is 1. The molecule has 0 fully saturated rings. The van der Waals surface area contributed by atoms with Gasteiger partial charge in [-0.2, -0.15) is 0 Å². The minimum absolute atomic E-state index is 0.0692. The van der Waals surface area contributed by atoms with Crippen LogP contribution in [0, 0.1) is 10.7 Å². The summed E-state index contributed by atoms with van der Waals surface area (Å²) >= 11 is 2.87. The van der Waals surface area contributed by atoms with E-state index in [0.29, 0.717) is 0 Å². The van der Waals surface area contributed by atoms with Crippen LogP contribution in [0.2, 0.25) is 0 Å². The van der Waals surface area contributed by atoms with Gasteiger partial charge in [-0.3, -0.25) is 0 Å². The molecule has 0 aromatic heterocycles. The molecule has 1 aromatic carbocycles. The first kappa shape index (κ1) is 10.8. The lowest BCUT2D eigenvalue weighted by Crippen LogP contribution is -2.02. The van der Waals surface area contributed by atoms with Crippen molar-refractivity contribution in [2.24, 2.45) is 5.18 Å². The maximum atomic E-state index is 13.0. The number of nitrogens with zero attached hydrogens (tertiary/aromatic N) is 1. The van der Waals surface area contributed by atoms with Gasteiger partial charge in [0, 0.05) is 0 Å². The van der Waals surface area contributed by atoms with Crippen LogP contribution in [-0.4, -0.2) is 13.1 Å². The first-order valence-electron chi connectivity index (χ1n) is 3.51. The molecule has 0 aliphatic carbocycles. The number of rotatable bonds is 2. The van der Waals surface area contributed by atoms with Gasteiger partial charge in [0.15, 0.2) is 0 Å². The van der Waals surface area contributed by atoms with Crippen LogP contribution in [0.3, 0.4) is 0 Å². The average Bonchev–Trinajstić information content (AvgIpc) is 2.20. The number of hydrogen-bond donors (Lipinski definition) is 0. The number of nitroso groups, excluding NO2 is 1. The smallest absolute Gasteiger partial charge is 0.340 e. The number of hydrogen-bond acceptors (Lipinski definition) is 4. The SMILES string of the molecule is COC(=O)c1cc(F)c(Br)cc1N=O. The highest BCUT2D eigenvalue weighted by Crippen LogP contribution is 2.27. The van der Waals surface area contributed by atoms with Crippen LogP contribution >= 0.6 is 15.9 Å². The molecule has 0 spiro atoms. The second kappa shape index (κ2) is 4.28. The number of methoxy groups -OCH3 is 1. The van der Waals surface area contributed by atoms with E-state index in [1.165, 1.54) is 0 Å². The predicted molar refractivity (Wildman–Crippen MR) is 50.9 cm³/mol. The standard InChI is InChI=1S/C8H5BrFNO3/c1-14-8(12)4-2-6(10)5(9)3-7(4)11-13/h2-3H,1H3. The Morgan fingerprint density at radius 2 is 2.21 bits per heavy atom. The molecule has 0 bridgehead atoms. The Labute approximate surface area is 87.2 Å². The summed E-state index contributed by atoms with van der Waals surface area (Å²) in [6, 6.07) is 2.02. The van der Waals surface area contributed by atoms with E-state index >= 15 is 0 Å². The van der Waals surface area contributed by atoms with E-state index < -0.39 is 11.8 Å². The van der Waals surface area contributed by atoms with Crippen molar-refractivity contribution >= 4 is 27.6 Å². The summed E-state index contributed by atoms with van der Waals surface area (Å²) in [4.78, 5) is 21.4. The fourth-order valence-electron chi connectivity index (χ4n) is 0.885. The molecule has 0 aliphatic rings. The van der Waals surface area contributed by atoms with Crippen LogP contribution in [0.25, 0.3) is 0 Å². The van der Waals surface area contributed by atoms with E-state index in [4.69, 9.17) is 0 Å². The average molecular weight is 262 g/mol. The zero-order chi connectivity index (χ0) is 10.7. The maximum absolute atomic E-state index is 13.0. The second-order valence-corrected chi connectivity index (χ2v) is 3.22. The molecule has 1 aromatic rings. The monoisotopic (exact) mass is 261 g/mol. The molecule has 0 aliphatic heterocycles. The normalized spacial score (nSPS) is 9.64. The lowest BCUT2D eigenvalue weighted by atomic mass is 10.2. The molecule has 0 heterocycles. The first-order valence-corrected chi connectivity index (χ1v) is 4.30. The van der Waals surface area contributed by atoms with Crippen molar-refractivity contribution in [3.05, 3.63) is 32.9 Å². The predicted octanol–water partition coefficient (Wildman–Crippen LogP) is 2.77. The lowest BCUT2D eigenvalue weighted by Gasteiger charge is -2.02. The topological polar surface area (TPSA) is 55.7 Å². The molecule has 14 heavy (non-hydrogen) atoms. The molecule has 6 heteroatoms. The van der Waals surface area contributed by atoms with Gasteiger partial charge in [-0.1, -0.05) is 0 Å². The van der Waals surface area contributed by atoms with Crippen LogP contribution in [0.4, 0.5) is 10.1 Å². The maximum Gasteiger partial charge on any atom is 0.340 e. The molecular weight excluding hydrogens is 257 g/mol. The lowest BCUT2D eigenvalue weighted by molar-refractivity contribution is 0.0601. The summed E-state index contributed by atoms with van der Waals surface area (Å²) in [5.74, 6) is -1.45. The largest absolute Gasteiger partial charge is 0.465 e. The van der Waals surface area contributed by atoms with Crippen molar-refractivity contribution in [3.8, 4) is 0 Å². The third-order valence-electron chi connectivity index (χ3n) is 1.54. The molecule has 74 valence electrons. The molecule has 0 amide bonds.